The molecule has 0 fully saturated rings. The number of nitrogens with zero attached hydrogens (tertiary/aromatic N) is 2. The first kappa shape index (κ1) is 12.0. The van der Waals surface area contributed by atoms with Crippen LogP contribution >= 0.6 is 0 Å². The summed E-state index contributed by atoms with van der Waals surface area (Å²) in [6.07, 6.45) is 3.64. The minimum atomic E-state index is -0.239. The van der Waals surface area contributed by atoms with Crippen LogP contribution in [0.2, 0.25) is 0 Å². The van der Waals surface area contributed by atoms with Crippen molar-refractivity contribution in [2.75, 3.05) is 6.61 Å². The lowest BCUT2D eigenvalue weighted by Gasteiger charge is -2.13. The highest BCUT2D eigenvalue weighted by Gasteiger charge is 2.29. The van der Waals surface area contributed by atoms with E-state index in [4.69, 9.17) is 4.74 Å². The van der Waals surface area contributed by atoms with Crippen LogP contribution in [0.25, 0.3) is 11.3 Å². The quantitative estimate of drug-likeness (QED) is 0.839. The fraction of sp³-hybridized carbons (Fsp3) is 0.429. The topological polar surface area (TPSA) is 59.9 Å². The first-order valence-electron chi connectivity index (χ1n) is 6.53. The Hall–Kier alpha value is -2.04. The normalized spacial score (nSPS) is 13.0. The molecule has 0 aromatic carbocycles. The Bertz CT molecular complexity index is 652. The average molecular weight is 259 g/mol. The van der Waals surface area contributed by atoms with Gasteiger partial charge in [0.2, 0.25) is 0 Å². The summed E-state index contributed by atoms with van der Waals surface area (Å²) < 4.78 is 7.10. The number of hydrogen-bond donors (Lipinski definition) is 1. The van der Waals surface area contributed by atoms with Crippen molar-refractivity contribution in [1.29, 1.82) is 0 Å². The summed E-state index contributed by atoms with van der Waals surface area (Å²) in [5.74, 6) is -0.239. The number of ether oxygens (including phenoxy) is 1. The maximum atomic E-state index is 12.1. The first-order chi connectivity index (χ1) is 9.15. The van der Waals surface area contributed by atoms with Gasteiger partial charge in [-0.2, -0.15) is 5.10 Å². The van der Waals surface area contributed by atoms with Crippen LogP contribution in [0.3, 0.4) is 0 Å². The monoisotopic (exact) mass is 259 g/mol. The van der Waals surface area contributed by atoms with E-state index in [0.717, 1.165) is 35.4 Å². The smallest absolute Gasteiger partial charge is 0.355 e. The Kier molecular flexibility index (Phi) is 2.69. The van der Waals surface area contributed by atoms with E-state index < -0.39 is 0 Å². The molecule has 0 atom stereocenters. The van der Waals surface area contributed by atoms with Crippen LogP contribution in [-0.4, -0.2) is 27.3 Å². The highest BCUT2D eigenvalue weighted by Crippen LogP contribution is 2.37. The summed E-state index contributed by atoms with van der Waals surface area (Å²) in [6.45, 7) is 4.25. The molecule has 0 amide bonds. The highest BCUT2D eigenvalue weighted by atomic mass is 16.5. The van der Waals surface area contributed by atoms with Crippen LogP contribution in [0.5, 0.6) is 0 Å². The lowest BCUT2D eigenvalue weighted by molar-refractivity contribution is 0.0513. The van der Waals surface area contributed by atoms with Gasteiger partial charge in [0.1, 0.15) is 5.69 Å². The number of aromatic amines is 1. The molecule has 0 aliphatic heterocycles. The molecule has 5 nitrogen and oxygen atoms in total. The second-order valence-corrected chi connectivity index (χ2v) is 4.84. The van der Waals surface area contributed by atoms with Crippen LogP contribution in [0.4, 0.5) is 0 Å². The summed E-state index contributed by atoms with van der Waals surface area (Å²) >= 11 is 0. The molecule has 0 radical (unpaired) electrons. The van der Waals surface area contributed by atoms with E-state index in [2.05, 4.69) is 10.2 Å². The molecule has 0 saturated carbocycles. The highest BCUT2D eigenvalue weighted by molar-refractivity contribution is 5.94. The Labute approximate surface area is 111 Å². The zero-order chi connectivity index (χ0) is 13.6. The zero-order valence-corrected chi connectivity index (χ0v) is 11.4. The van der Waals surface area contributed by atoms with Gasteiger partial charge in [-0.25, -0.2) is 4.79 Å². The molecule has 1 aliphatic carbocycles. The fourth-order valence-corrected chi connectivity index (χ4v) is 2.89. The predicted octanol–water partition coefficient (Wildman–Crippen LogP) is 2.00. The number of carbonyl (C=O) groups is 1. The molecule has 2 heterocycles. The van der Waals surface area contributed by atoms with Gasteiger partial charge >= 0.3 is 5.97 Å². The lowest BCUT2D eigenvalue weighted by Crippen LogP contribution is -2.13. The third-order valence-corrected chi connectivity index (χ3v) is 3.87. The van der Waals surface area contributed by atoms with Gasteiger partial charge < -0.3 is 9.30 Å². The van der Waals surface area contributed by atoms with Crippen molar-refractivity contribution in [1.82, 2.24) is 14.8 Å². The van der Waals surface area contributed by atoms with Crippen molar-refractivity contribution in [3.63, 3.8) is 0 Å². The summed E-state index contributed by atoms with van der Waals surface area (Å²) in [7, 11) is 1.91. The number of H-pyrrole nitrogens is 1. The fourth-order valence-electron chi connectivity index (χ4n) is 2.89. The van der Waals surface area contributed by atoms with Crippen LogP contribution < -0.4 is 0 Å². The molecule has 1 N–H and O–H groups in total. The summed E-state index contributed by atoms with van der Waals surface area (Å²) in [6, 6.07) is 0. The van der Waals surface area contributed by atoms with Crippen LogP contribution in [0.1, 0.15) is 34.2 Å². The van der Waals surface area contributed by atoms with Crippen molar-refractivity contribution in [2.45, 2.75) is 26.7 Å². The van der Waals surface area contributed by atoms with Crippen LogP contribution in [0.15, 0.2) is 6.20 Å². The Morgan fingerprint density at radius 2 is 2.32 bits per heavy atom. The second-order valence-electron chi connectivity index (χ2n) is 4.84. The van der Waals surface area contributed by atoms with Gasteiger partial charge in [-0.05, 0) is 37.8 Å². The molecule has 1 aliphatic rings. The summed E-state index contributed by atoms with van der Waals surface area (Å²) in [5, 5.41) is 7.16. The van der Waals surface area contributed by atoms with Crippen LogP contribution in [0, 0.1) is 6.92 Å². The molecule has 3 rings (SSSR count). The van der Waals surface area contributed by atoms with E-state index >= 15 is 0 Å². The number of aromatic nitrogens is 3. The molecule has 0 bridgehead atoms. The van der Waals surface area contributed by atoms with Crippen molar-refractivity contribution in [2.24, 2.45) is 7.05 Å². The lowest BCUT2D eigenvalue weighted by atomic mass is 9.91. The SMILES string of the molecule is CCOC(=O)c1c2c(c(C)n1C)-c1[nH]ncc1CC2. The zero-order valence-electron chi connectivity index (χ0n) is 11.4. The number of hydrogen-bond acceptors (Lipinski definition) is 3. The van der Waals surface area contributed by atoms with Gasteiger partial charge in [0.05, 0.1) is 18.5 Å². The second kappa shape index (κ2) is 4.26. The number of aryl methyl sites for hydroxylation is 1. The predicted molar refractivity (Wildman–Crippen MR) is 71.1 cm³/mol. The number of carbonyl (C=O) groups excluding carboxylic acids is 1. The van der Waals surface area contributed by atoms with Gasteiger partial charge in [-0.3, -0.25) is 5.10 Å². The number of nitrogens with one attached hydrogen (secondary N) is 1. The van der Waals surface area contributed by atoms with Crippen molar-refractivity contribution in [3.8, 4) is 11.3 Å². The van der Waals surface area contributed by atoms with Crippen LogP contribution in [-0.2, 0) is 24.6 Å². The first-order valence-corrected chi connectivity index (χ1v) is 6.53. The minimum Gasteiger partial charge on any atom is -0.461 e. The Balaban J connectivity index is 2.21. The minimum absolute atomic E-state index is 0.239. The van der Waals surface area contributed by atoms with E-state index in [9.17, 15) is 4.79 Å². The van der Waals surface area contributed by atoms with Gasteiger partial charge in [-0.1, -0.05) is 0 Å². The molecule has 2 aromatic rings. The van der Waals surface area contributed by atoms with E-state index in [0.29, 0.717) is 12.3 Å². The largest absolute Gasteiger partial charge is 0.461 e. The van der Waals surface area contributed by atoms with Crippen molar-refractivity contribution >= 4 is 5.97 Å². The van der Waals surface area contributed by atoms with Gasteiger partial charge in [0, 0.05) is 18.3 Å². The number of rotatable bonds is 2. The summed E-state index contributed by atoms with van der Waals surface area (Å²) in [5.41, 5.74) is 6.21. The third-order valence-electron chi connectivity index (χ3n) is 3.87. The molecule has 19 heavy (non-hydrogen) atoms. The average Bonchev–Trinajstić information content (AvgIpc) is 2.94. The number of fused-ring (bicyclic) bond motifs is 3. The van der Waals surface area contributed by atoms with E-state index in [1.807, 2.05) is 31.7 Å². The van der Waals surface area contributed by atoms with Gasteiger partial charge in [0.25, 0.3) is 0 Å². The van der Waals surface area contributed by atoms with Crippen molar-refractivity contribution in [3.05, 3.63) is 28.7 Å². The molecule has 5 heteroatoms. The molecule has 0 unspecified atom stereocenters. The third kappa shape index (κ3) is 1.61. The standard InChI is InChI=1S/C14H17N3O2/c1-4-19-14(18)13-10-6-5-9-7-15-16-12(9)11(10)8(2)17(13)3/h7H,4-6H2,1-3H3,(H,15,16). The Morgan fingerprint density at radius 1 is 1.53 bits per heavy atom. The van der Waals surface area contributed by atoms with Gasteiger partial charge in [0.15, 0.2) is 0 Å². The number of esters is 1. The van der Waals surface area contributed by atoms with E-state index in [-0.39, 0.29) is 5.97 Å². The molecular formula is C14H17N3O2. The molecule has 100 valence electrons. The molecule has 2 aromatic heterocycles. The Morgan fingerprint density at radius 3 is 3.05 bits per heavy atom. The summed E-state index contributed by atoms with van der Waals surface area (Å²) in [4.78, 5) is 12.1. The maximum absolute atomic E-state index is 12.1. The molecule has 0 saturated heterocycles. The molecule has 0 spiro atoms. The van der Waals surface area contributed by atoms with Crippen molar-refractivity contribution < 1.29 is 9.53 Å². The van der Waals surface area contributed by atoms with E-state index in [1.54, 1.807) is 0 Å². The maximum Gasteiger partial charge on any atom is 0.355 e. The molecular weight excluding hydrogens is 242 g/mol. The van der Waals surface area contributed by atoms with Gasteiger partial charge in [-0.15, -0.1) is 0 Å². The van der Waals surface area contributed by atoms with E-state index in [1.165, 1.54) is 5.56 Å².